The van der Waals surface area contributed by atoms with E-state index >= 15 is 0 Å². The second-order valence-electron chi connectivity index (χ2n) is 11.0. The van der Waals surface area contributed by atoms with Crippen LogP contribution in [-0.4, -0.2) is 111 Å². The van der Waals surface area contributed by atoms with E-state index in [1.807, 2.05) is 0 Å². The number of rotatable bonds is 13. The molecule has 0 aromatic carbocycles. The highest BCUT2D eigenvalue weighted by Crippen LogP contribution is 2.58. The number of nitrogens with zero attached hydrogens (tertiary/aromatic N) is 4. The quantitative estimate of drug-likeness (QED) is 0.129. The number of aliphatic hydroxyl groups excluding tert-OH is 2. The first kappa shape index (κ1) is 43.9. The second kappa shape index (κ2) is 17.3. The summed E-state index contributed by atoms with van der Waals surface area (Å²) in [6.45, 7) is 0. The number of alkyl halides is 5. The van der Waals surface area contributed by atoms with Crippen LogP contribution >= 0.6 is 38.4 Å². The zero-order chi connectivity index (χ0) is 39.4. The predicted octanol–water partition coefficient (Wildman–Crippen LogP) is 2.53. The van der Waals surface area contributed by atoms with E-state index in [2.05, 4.69) is 28.1 Å². The van der Waals surface area contributed by atoms with Crippen molar-refractivity contribution in [3.8, 4) is 0 Å². The third kappa shape index (κ3) is 8.58. The first-order valence-electron chi connectivity index (χ1n) is 14.5. The van der Waals surface area contributed by atoms with E-state index in [1.54, 1.807) is 0 Å². The molecular formula is C26H36Cl2F4N6O12P2. The van der Waals surface area contributed by atoms with Gasteiger partial charge in [-0.25, -0.2) is 22.8 Å². The third-order valence-corrected chi connectivity index (χ3v) is 12.4. The lowest BCUT2D eigenvalue weighted by Crippen LogP contribution is -2.46. The fourth-order valence-corrected chi connectivity index (χ4v) is 7.74. The first-order chi connectivity index (χ1) is 24.3. The number of nitrogens with two attached hydrogens (primary N) is 2. The van der Waals surface area contributed by atoms with Gasteiger partial charge in [0.25, 0.3) is 0 Å². The van der Waals surface area contributed by atoms with Crippen LogP contribution in [0.4, 0.5) is 29.2 Å². The van der Waals surface area contributed by atoms with E-state index in [4.69, 9.17) is 44.1 Å². The van der Waals surface area contributed by atoms with Gasteiger partial charge in [0, 0.05) is 47.3 Å². The van der Waals surface area contributed by atoms with Gasteiger partial charge in [0.2, 0.25) is 11.5 Å². The van der Waals surface area contributed by atoms with Gasteiger partial charge in [0.05, 0.1) is 11.8 Å². The van der Waals surface area contributed by atoms with Crippen LogP contribution in [0.3, 0.4) is 0 Å². The van der Waals surface area contributed by atoms with E-state index in [0.717, 1.165) is 50.0 Å². The highest BCUT2D eigenvalue weighted by Gasteiger charge is 2.59. The summed E-state index contributed by atoms with van der Waals surface area (Å²) < 4.78 is 113. The van der Waals surface area contributed by atoms with Gasteiger partial charge in [-0.1, -0.05) is 0 Å². The summed E-state index contributed by atoms with van der Waals surface area (Å²) >= 11 is 11.6. The molecule has 2 fully saturated rings. The summed E-state index contributed by atoms with van der Waals surface area (Å²) in [5, 5.41) is 20.5. The molecule has 52 heavy (non-hydrogen) atoms. The van der Waals surface area contributed by atoms with Gasteiger partial charge in [-0.3, -0.25) is 18.3 Å². The second-order valence-corrected chi connectivity index (χ2v) is 16.1. The topological polar surface area (TPSA) is 252 Å². The molecular weight excluding hydrogens is 797 g/mol. The molecule has 2 aliphatic heterocycles. The number of halogens is 6. The molecule has 6 N–H and O–H groups in total. The number of anilines is 2. The smallest absolute Gasteiger partial charge is 0.387 e. The lowest BCUT2D eigenvalue weighted by Gasteiger charge is -2.32. The number of aromatic nitrogens is 4. The van der Waals surface area contributed by atoms with Gasteiger partial charge in [0.15, 0.2) is 24.8 Å². The lowest BCUT2D eigenvalue weighted by molar-refractivity contribution is -0.100. The van der Waals surface area contributed by atoms with Crippen molar-refractivity contribution in [3.05, 3.63) is 57.1 Å². The van der Waals surface area contributed by atoms with Crippen LogP contribution in [0.2, 0.25) is 0 Å². The van der Waals surface area contributed by atoms with Gasteiger partial charge in [-0.05, 0) is 18.2 Å². The van der Waals surface area contributed by atoms with E-state index < -0.39 is 104 Å². The molecule has 294 valence electrons. The maximum absolute atomic E-state index is 14.6. The summed E-state index contributed by atoms with van der Waals surface area (Å²) in [5.41, 5.74) is 3.33. The SMILES string of the molecule is COP(=O)(OC)/C(F)=C/[C@@]1(CCl)O[C@@H](n2ccc(N)nc2=O)[C@H](F)[C@@H]1O.COP(=O)(OC)C(F)C[C@@]1(CCl)O[C@@H](n2ccc(N)nc2=O)[C@H](F)[C@@H]1O. The first-order valence-corrected chi connectivity index (χ1v) is 18.8. The zero-order valence-corrected chi connectivity index (χ0v) is 30.9. The highest BCUT2D eigenvalue weighted by molar-refractivity contribution is 7.58. The molecule has 2 aromatic rings. The molecule has 9 atom stereocenters. The average Bonchev–Trinajstić information content (AvgIpc) is 3.51. The minimum Gasteiger partial charge on any atom is -0.387 e. The standard InChI is InChI=1S/C13H19ClF2N3O6P.C13H17ClF2N3O6P/c2*1-23-26(22,24-2)7(15)5-13(6-14)10(20)9(16)11(25-13)19-4-3-8(17)18-12(19)21/h3-4,7,9-11,20H,5-6H2,1-2H3,(H2,17,18,21);3-5,9-11,20H,6H2,1-2H3,(H2,17,18,21)/b;7-5+/t7?,9-,10+,11-,13+;9-,10+,11-,13+/m11/s1. The number of nitrogen functional groups attached to an aromatic ring is 2. The molecule has 0 radical (unpaired) electrons. The van der Waals surface area contributed by atoms with E-state index in [0.29, 0.717) is 6.08 Å². The molecule has 26 heteroatoms. The molecule has 0 saturated carbocycles. The Balaban J connectivity index is 0.000000280. The van der Waals surface area contributed by atoms with Crippen molar-refractivity contribution in [1.29, 1.82) is 0 Å². The minimum atomic E-state index is -4.31. The maximum Gasteiger partial charge on any atom is 0.388 e. The van der Waals surface area contributed by atoms with Gasteiger partial charge in [0.1, 0.15) is 35.0 Å². The van der Waals surface area contributed by atoms with Crippen molar-refractivity contribution < 1.29 is 64.5 Å². The van der Waals surface area contributed by atoms with Crippen molar-refractivity contribution >= 4 is 50.0 Å². The largest absolute Gasteiger partial charge is 0.388 e. The fourth-order valence-electron chi connectivity index (χ4n) is 5.10. The number of hydrogen-bond acceptors (Lipinski definition) is 16. The summed E-state index contributed by atoms with van der Waals surface area (Å²) in [6.07, 6.45) is -9.52. The average molecular weight is 833 g/mol. The van der Waals surface area contributed by atoms with Crippen LogP contribution < -0.4 is 22.8 Å². The number of ether oxygens (including phenoxy) is 2. The Labute approximate surface area is 302 Å². The van der Waals surface area contributed by atoms with Crippen molar-refractivity contribution in [3.63, 3.8) is 0 Å². The Bertz CT molecular complexity index is 1800. The molecule has 0 spiro atoms. The van der Waals surface area contributed by atoms with E-state index in [9.17, 15) is 46.5 Å². The summed E-state index contributed by atoms with van der Waals surface area (Å²) in [6, 6.07) is 2.44. The van der Waals surface area contributed by atoms with Crippen LogP contribution in [0.25, 0.3) is 0 Å². The molecule has 4 rings (SSSR count). The summed E-state index contributed by atoms with van der Waals surface area (Å²) in [4.78, 5) is 30.7. The van der Waals surface area contributed by atoms with Crippen LogP contribution in [0, 0.1) is 0 Å². The Morgan fingerprint density at radius 2 is 1.38 bits per heavy atom. The van der Waals surface area contributed by atoms with Crippen molar-refractivity contribution in [2.45, 2.75) is 60.5 Å². The van der Waals surface area contributed by atoms with Crippen LogP contribution in [0.1, 0.15) is 18.9 Å². The summed E-state index contributed by atoms with van der Waals surface area (Å²) in [7, 11) is -4.63. The van der Waals surface area contributed by atoms with E-state index in [1.165, 1.54) is 12.1 Å². The van der Waals surface area contributed by atoms with Crippen LogP contribution in [0.15, 0.2) is 45.8 Å². The van der Waals surface area contributed by atoms with Crippen molar-refractivity contribution in [1.82, 2.24) is 19.1 Å². The highest BCUT2D eigenvalue weighted by atomic mass is 35.5. The van der Waals surface area contributed by atoms with Gasteiger partial charge in [-0.2, -0.15) is 14.4 Å². The van der Waals surface area contributed by atoms with Gasteiger partial charge < -0.3 is 49.2 Å². The van der Waals surface area contributed by atoms with E-state index in [-0.39, 0.29) is 11.6 Å². The molecule has 0 amide bonds. The Morgan fingerprint density at radius 3 is 1.79 bits per heavy atom. The predicted molar refractivity (Wildman–Crippen MR) is 177 cm³/mol. The van der Waals surface area contributed by atoms with Crippen molar-refractivity contribution in [2.75, 3.05) is 51.7 Å². The van der Waals surface area contributed by atoms with Crippen LogP contribution in [0.5, 0.6) is 0 Å². The molecule has 2 saturated heterocycles. The molecule has 1 unspecified atom stereocenters. The fraction of sp³-hybridized carbons (Fsp3) is 0.615. The Hall–Kier alpha value is -2.46. The van der Waals surface area contributed by atoms with Crippen molar-refractivity contribution in [2.24, 2.45) is 0 Å². The zero-order valence-electron chi connectivity index (χ0n) is 27.6. The van der Waals surface area contributed by atoms with Gasteiger partial charge >= 0.3 is 26.6 Å². The Morgan fingerprint density at radius 1 is 0.923 bits per heavy atom. The normalized spacial score (nSPS) is 30.2. The monoisotopic (exact) mass is 832 g/mol. The molecule has 2 aromatic heterocycles. The van der Waals surface area contributed by atoms with Crippen LogP contribution in [-0.2, 0) is 36.7 Å². The summed E-state index contributed by atoms with van der Waals surface area (Å²) in [5.74, 6) is -3.61. The Kier molecular flexibility index (Phi) is 14.7. The maximum atomic E-state index is 14.6. The lowest BCUT2D eigenvalue weighted by atomic mass is 9.94. The third-order valence-electron chi connectivity index (χ3n) is 8.04. The molecule has 2 aliphatic rings. The van der Waals surface area contributed by atoms with Gasteiger partial charge in [-0.15, -0.1) is 23.2 Å². The molecule has 0 aliphatic carbocycles. The number of aliphatic hydroxyl groups is 2. The molecule has 18 nitrogen and oxygen atoms in total. The number of hydrogen-bond donors (Lipinski definition) is 4. The molecule has 0 bridgehead atoms. The minimum absolute atomic E-state index is 0.0891. The molecule has 4 heterocycles.